The van der Waals surface area contributed by atoms with Crippen molar-refractivity contribution in [3.63, 3.8) is 0 Å². The summed E-state index contributed by atoms with van der Waals surface area (Å²) in [6.07, 6.45) is 1.89. The maximum absolute atomic E-state index is 9.73. The van der Waals surface area contributed by atoms with Gasteiger partial charge in [-0.1, -0.05) is 12.1 Å². The minimum atomic E-state index is -0.154. The van der Waals surface area contributed by atoms with Gasteiger partial charge >= 0.3 is 0 Å². The van der Waals surface area contributed by atoms with Gasteiger partial charge in [0.05, 0.1) is 6.10 Å². The Hall–Kier alpha value is -0.770. The zero-order chi connectivity index (χ0) is 11.0. The van der Waals surface area contributed by atoms with Crippen LogP contribution in [0.3, 0.4) is 0 Å². The van der Waals surface area contributed by atoms with Gasteiger partial charge in [-0.3, -0.25) is 0 Å². The number of anilines is 1. The normalized spacial score (nSPS) is 23.1. The second-order valence-corrected chi connectivity index (χ2v) is 4.76. The van der Waals surface area contributed by atoms with E-state index in [9.17, 15) is 5.11 Å². The first kappa shape index (κ1) is 12.7. The highest BCUT2D eigenvalue weighted by atomic mass is 35.5. The largest absolute Gasteiger partial charge is 0.391 e. The standard InChI is InChI=1S/C13H18N2O.ClH/c16-11-4-2-6-15(9-11)13-5-1-3-10-7-14-8-12(10)13;/h1,3,5,11,14,16H,2,4,6-9H2;1H. The molecular formula is C13H19ClN2O. The topological polar surface area (TPSA) is 35.5 Å². The van der Waals surface area contributed by atoms with Crippen molar-refractivity contribution in [3.05, 3.63) is 29.3 Å². The van der Waals surface area contributed by atoms with Gasteiger partial charge in [-0.15, -0.1) is 12.4 Å². The van der Waals surface area contributed by atoms with Crippen molar-refractivity contribution >= 4 is 18.1 Å². The Kier molecular flexibility index (Phi) is 3.92. The summed E-state index contributed by atoms with van der Waals surface area (Å²) in [5.74, 6) is 0. The summed E-state index contributed by atoms with van der Waals surface area (Å²) in [5, 5.41) is 13.1. The number of halogens is 1. The van der Waals surface area contributed by atoms with Crippen molar-refractivity contribution in [1.82, 2.24) is 5.32 Å². The van der Waals surface area contributed by atoms with E-state index in [1.54, 1.807) is 0 Å². The quantitative estimate of drug-likeness (QED) is 0.800. The molecule has 1 aromatic carbocycles. The Morgan fingerprint density at radius 3 is 3.00 bits per heavy atom. The summed E-state index contributed by atoms with van der Waals surface area (Å²) >= 11 is 0. The summed E-state index contributed by atoms with van der Waals surface area (Å²) in [7, 11) is 0. The molecule has 1 fully saturated rings. The molecule has 1 saturated heterocycles. The SMILES string of the molecule is Cl.OC1CCCN(c2cccc3c2CNC3)C1. The van der Waals surface area contributed by atoms with Gasteiger partial charge in [0.25, 0.3) is 0 Å². The Bertz CT molecular complexity index is 397. The molecule has 2 aliphatic heterocycles. The van der Waals surface area contributed by atoms with Crippen LogP contribution in [-0.4, -0.2) is 24.3 Å². The van der Waals surface area contributed by atoms with Gasteiger partial charge in [0.15, 0.2) is 0 Å². The molecule has 2 aliphatic rings. The van der Waals surface area contributed by atoms with E-state index in [-0.39, 0.29) is 18.5 Å². The molecule has 94 valence electrons. The van der Waals surface area contributed by atoms with E-state index in [4.69, 9.17) is 0 Å². The van der Waals surface area contributed by atoms with Crippen molar-refractivity contribution in [2.75, 3.05) is 18.0 Å². The van der Waals surface area contributed by atoms with Gasteiger partial charge in [0.2, 0.25) is 0 Å². The molecule has 0 aromatic heterocycles. The summed E-state index contributed by atoms with van der Waals surface area (Å²) < 4.78 is 0. The fourth-order valence-corrected chi connectivity index (χ4v) is 2.78. The van der Waals surface area contributed by atoms with Crippen molar-refractivity contribution < 1.29 is 5.11 Å². The van der Waals surface area contributed by atoms with E-state index in [1.807, 2.05) is 0 Å². The molecule has 0 radical (unpaired) electrons. The number of hydrogen-bond acceptors (Lipinski definition) is 3. The molecule has 0 saturated carbocycles. The minimum absolute atomic E-state index is 0. The highest BCUT2D eigenvalue weighted by molar-refractivity contribution is 5.85. The van der Waals surface area contributed by atoms with E-state index in [2.05, 4.69) is 28.4 Å². The Balaban J connectivity index is 0.00000108. The highest BCUT2D eigenvalue weighted by Crippen LogP contribution is 2.29. The number of nitrogens with zero attached hydrogens (tertiary/aromatic N) is 1. The van der Waals surface area contributed by atoms with E-state index < -0.39 is 0 Å². The number of nitrogens with one attached hydrogen (secondary N) is 1. The number of aliphatic hydroxyl groups is 1. The van der Waals surface area contributed by atoms with Crippen LogP contribution >= 0.6 is 12.4 Å². The van der Waals surface area contributed by atoms with Crippen LogP contribution in [0.1, 0.15) is 24.0 Å². The monoisotopic (exact) mass is 254 g/mol. The van der Waals surface area contributed by atoms with E-state index in [0.717, 1.165) is 39.0 Å². The number of fused-ring (bicyclic) bond motifs is 1. The number of piperidine rings is 1. The number of β-amino-alcohol motifs (C(OH)–C–C–N with tert-alkyl or cyclic N) is 1. The molecular weight excluding hydrogens is 236 g/mol. The highest BCUT2D eigenvalue weighted by Gasteiger charge is 2.22. The first-order chi connectivity index (χ1) is 7.84. The fourth-order valence-electron chi connectivity index (χ4n) is 2.78. The third-order valence-electron chi connectivity index (χ3n) is 3.60. The van der Waals surface area contributed by atoms with Crippen LogP contribution in [0.5, 0.6) is 0 Å². The first-order valence-electron chi connectivity index (χ1n) is 6.09. The Labute approximate surface area is 108 Å². The molecule has 1 unspecified atom stereocenters. The van der Waals surface area contributed by atoms with Gasteiger partial charge in [0, 0.05) is 31.9 Å². The van der Waals surface area contributed by atoms with Gasteiger partial charge in [-0.05, 0) is 30.0 Å². The molecule has 0 amide bonds. The predicted molar refractivity (Wildman–Crippen MR) is 71.7 cm³/mol. The average Bonchev–Trinajstić information content (AvgIpc) is 2.76. The molecule has 17 heavy (non-hydrogen) atoms. The van der Waals surface area contributed by atoms with Gasteiger partial charge in [0.1, 0.15) is 0 Å². The molecule has 2 heterocycles. The van der Waals surface area contributed by atoms with Crippen LogP contribution in [0.4, 0.5) is 5.69 Å². The van der Waals surface area contributed by atoms with Crippen LogP contribution in [0.2, 0.25) is 0 Å². The molecule has 2 N–H and O–H groups in total. The average molecular weight is 255 g/mol. The second-order valence-electron chi connectivity index (χ2n) is 4.76. The molecule has 0 spiro atoms. The van der Waals surface area contributed by atoms with Crippen molar-refractivity contribution in [3.8, 4) is 0 Å². The zero-order valence-corrected chi connectivity index (χ0v) is 10.7. The maximum atomic E-state index is 9.73. The predicted octanol–water partition coefficient (Wildman–Crippen LogP) is 1.67. The van der Waals surface area contributed by atoms with Crippen LogP contribution in [0.25, 0.3) is 0 Å². The van der Waals surface area contributed by atoms with Gasteiger partial charge < -0.3 is 15.3 Å². The zero-order valence-electron chi connectivity index (χ0n) is 9.85. The molecule has 1 atom stereocenters. The van der Waals surface area contributed by atoms with Gasteiger partial charge in [-0.2, -0.15) is 0 Å². The van der Waals surface area contributed by atoms with Crippen molar-refractivity contribution in [1.29, 1.82) is 0 Å². The second kappa shape index (κ2) is 5.25. The molecule has 1 aromatic rings. The third-order valence-corrected chi connectivity index (χ3v) is 3.60. The number of benzene rings is 1. The third kappa shape index (κ3) is 2.41. The Morgan fingerprint density at radius 2 is 2.18 bits per heavy atom. The van der Waals surface area contributed by atoms with Crippen molar-refractivity contribution in [2.45, 2.75) is 32.0 Å². The molecule has 4 heteroatoms. The molecule has 0 bridgehead atoms. The van der Waals surface area contributed by atoms with Crippen LogP contribution in [0.15, 0.2) is 18.2 Å². The number of rotatable bonds is 1. The van der Waals surface area contributed by atoms with E-state index in [1.165, 1.54) is 16.8 Å². The van der Waals surface area contributed by atoms with E-state index in [0.29, 0.717) is 0 Å². The smallest absolute Gasteiger partial charge is 0.0715 e. The molecule has 3 nitrogen and oxygen atoms in total. The maximum Gasteiger partial charge on any atom is 0.0715 e. The lowest BCUT2D eigenvalue weighted by atomic mass is 10.0. The summed E-state index contributed by atoms with van der Waals surface area (Å²) in [6.45, 7) is 3.82. The number of hydrogen-bond donors (Lipinski definition) is 2. The summed E-state index contributed by atoms with van der Waals surface area (Å²) in [6, 6.07) is 6.51. The van der Waals surface area contributed by atoms with Crippen LogP contribution < -0.4 is 10.2 Å². The lowest BCUT2D eigenvalue weighted by Crippen LogP contribution is -2.38. The van der Waals surface area contributed by atoms with Crippen molar-refractivity contribution in [2.24, 2.45) is 0 Å². The lowest BCUT2D eigenvalue weighted by molar-refractivity contribution is 0.154. The molecule has 3 rings (SSSR count). The Morgan fingerprint density at radius 1 is 1.29 bits per heavy atom. The first-order valence-corrected chi connectivity index (χ1v) is 6.09. The van der Waals surface area contributed by atoms with Crippen LogP contribution in [-0.2, 0) is 13.1 Å². The fraction of sp³-hybridized carbons (Fsp3) is 0.538. The van der Waals surface area contributed by atoms with Gasteiger partial charge in [-0.25, -0.2) is 0 Å². The van der Waals surface area contributed by atoms with E-state index >= 15 is 0 Å². The number of aliphatic hydroxyl groups excluding tert-OH is 1. The summed E-state index contributed by atoms with van der Waals surface area (Å²) in [4.78, 5) is 2.33. The summed E-state index contributed by atoms with van der Waals surface area (Å²) in [5.41, 5.74) is 4.16. The molecule has 0 aliphatic carbocycles. The lowest BCUT2D eigenvalue weighted by Gasteiger charge is -2.33. The van der Waals surface area contributed by atoms with Crippen LogP contribution in [0, 0.1) is 0 Å². The minimum Gasteiger partial charge on any atom is -0.391 e.